The molecule has 1 aliphatic heterocycles. The van der Waals surface area contributed by atoms with Crippen LogP contribution in [0, 0.1) is 11.6 Å². The topological polar surface area (TPSA) is 66.7 Å². The van der Waals surface area contributed by atoms with Gasteiger partial charge in [0.15, 0.2) is 5.76 Å². The molecule has 4 rings (SSSR count). The third kappa shape index (κ3) is 4.39. The van der Waals surface area contributed by atoms with Gasteiger partial charge in [-0.25, -0.2) is 22.2 Å². The zero-order valence-electron chi connectivity index (χ0n) is 15.8. The van der Waals surface area contributed by atoms with E-state index in [0.29, 0.717) is 31.3 Å². The molecule has 0 atom stereocenters. The fourth-order valence-corrected chi connectivity index (χ4v) is 4.93. The minimum Gasteiger partial charge on any atom is -0.439 e. The second-order valence-corrected chi connectivity index (χ2v) is 9.23. The van der Waals surface area contributed by atoms with Gasteiger partial charge >= 0.3 is 0 Å². The smallest absolute Gasteiger partial charge is 0.243 e. The van der Waals surface area contributed by atoms with Crippen LogP contribution in [0.1, 0.15) is 5.89 Å². The molecule has 1 fully saturated rings. The van der Waals surface area contributed by atoms with Crippen molar-refractivity contribution in [2.24, 2.45) is 0 Å². The Labute approximate surface area is 177 Å². The highest BCUT2D eigenvalue weighted by Gasteiger charge is 2.29. The minimum absolute atomic E-state index is 0.0287. The van der Waals surface area contributed by atoms with E-state index >= 15 is 0 Å². The van der Waals surface area contributed by atoms with Crippen LogP contribution < -0.4 is 0 Å². The predicted octanol–water partition coefficient (Wildman–Crippen LogP) is 3.78. The van der Waals surface area contributed by atoms with E-state index in [1.807, 2.05) is 4.90 Å². The first-order valence-corrected chi connectivity index (χ1v) is 11.0. The lowest BCUT2D eigenvalue weighted by atomic mass is 10.2. The van der Waals surface area contributed by atoms with Gasteiger partial charge in [-0.1, -0.05) is 11.6 Å². The van der Waals surface area contributed by atoms with Crippen LogP contribution in [0.25, 0.3) is 11.3 Å². The fourth-order valence-electron chi connectivity index (χ4n) is 3.24. The number of benzene rings is 2. The maximum Gasteiger partial charge on any atom is 0.243 e. The number of halogens is 3. The molecular formula is C20H18ClF2N3O3S. The number of rotatable bonds is 5. The Balaban J connectivity index is 1.38. The molecular weight excluding hydrogens is 436 g/mol. The summed E-state index contributed by atoms with van der Waals surface area (Å²) in [5, 5.41) is -0.226. The lowest BCUT2D eigenvalue weighted by Gasteiger charge is -2.33. The highest BCUT2D eigenvalue weighted by molar-refractivity contribution is 7.89. The van der Waals surface area contributed by atoms with Crippen LogP contribution in [-0.2, 0) is 16.6 Å². The molecule has 2 heterocycles. The Hall–Kier alpha value is -2.33. The van der Waals surface area contributed by atoms with E-state index in [1.165, 1.54) is 22.5 Å². The Morgan fingerprint density at radius 2 is 1.73 bits per heavy atom. The second kappa shape index (κ2) is 8.43. The molecule has 30 heavy (non-hydrogen) atoms. The molecule has 2 aromatic carbocycles. The molecule has 0 aliphatic carbocycles. The summed E-state index contributed by atoms with van der Waals surface area (Å²) in [6.07, 6.45) is 1.58. The highest BCUT2D eigenvalue weighted by atomic mass is 35.5. The summed E-state index contributed by atoms with van der Waals surface area (Å²) in [7, 11) is -3.75. The van der Waals surface area contributed by atoms with Crippen LogP contribution in [-0.4, -0.2) is 48.8 Å². The fraction of sp³-hybridized carbons (Fsp3) is 0.250. The Morgan fingerprint density at radius 1 is 1.03 bits per heavy atom. The van der Waals surface area contributed by atoms with Gasteiger partial charge in [-0.05, 0) is 42.5 Å². The van der Waals surface area contributed by atoms with Gasteiger partial charge in [0, 0.05) is 31.7 Å². The van der Waals surface area contributed by atoms with Crippen molar-refractivity contribution in [3.8, 4) is 11.3 Å². The summed E-state index contributed by atoms with van der Waals surface area (Å²) in [4.78, 5) is 6.26. The van der Waals surface area contributed by atoms with Gasteiger partial charge in [0.05, 0.1) is 22.7 Å². The zero-order valence-corrected chi connectivity index (χ0v) is 17.3. The van der Waals surface area contributed by atoms with Crippen molar-refractivity contribution in [3.63, 3.8) is 0 Å². The van der Waals surface area contributed by atoms with E-state index in [9.17, 15) is 17.2 Å². The van der Waals surface area contributed by atoms with Gasteiger partial charge in [-0.2, -0.15) is 4.31 Å². The lowest BCUT2D eigenvalue weighted by Crippen LogP contribution is -2.48. The summed E-state index contributed by atoms with van der Waals surface area (Å²) >= 11 is 5.72. The van der Waals surface area contributed by atoms with Crippen LogP contribution in [0.3, 0.4) is 0 Å². The molecule has 0 spiro atoms. The Morgan fingerprint density at radius 3 is 2.40 bits per heavy atom. The first-order valence-electron chi connectivity index (χ1n) is 9.21. The van der Waals surface area contributed by atoms with Crippen LogP contribution in [0.5, 0.6) is 0 Å². The molecule has 0 N–H and O–H groups in total. The quantitative estimate of drug-likeness (QED) is 0.588. The van der Waals surface area contributed by atoms with Gasteiger partial charge < -0.3 is 4.42 Å². The predicted molar refractivity (Wildman–Crippen MR) is 107 cm³/mol. The Kier molecular flexibility index (Phi) is 5.88. The third-order valence-corrected chi connectivity index (χ3v) is 7.09. The first kappa shape index (κ1) is 20.9. The van der Waals surface area contributed by atoms with Crippen molar-refractivity contribution >= 4 is 21.6 Å². The largest absolute Gasteiger partial charge is 0.439 e. The molecule has 0 bridgehead atoms. The summed E-state index contributed by atoms with van der Waals surface area (Å²) in [6, 6.07) is 9.33. The first-order chi connectivity index (χ1) is 14.3. The lowest BCUT2D eigenvalue weighted by molar-refractivity contribution is 0.168. The number of piperazine rings is 1. The number of aromatic nitrogens is 1. The standard InChI is InChI=1S/C20H18ClF2N3O3S/c21-17-11-16(5-6-18(17)23)30(27,28)26-9-7-25(8-10-26)13-20-24-12-19(29-20)14-1-3-15(22)4-2-14/h1-6,11-12H,7-10,13H2. The van der Waals surface area contributed by atoms with Gasteiger partial charge in [0.1, 0.15) is 11.6 Å². The van der Waals surface area contributed by atoms with Gasteiger partial charge in [-0.3, -0.25) is 4.90 Å². The molecule has 6 nitrogen and oxygen atoms in total. The van der Waals surface area contributed by atoms with Crippen molar-refractivity contribution in [2.75, 3.05) is 26.2 Å². The number of oxazole rings is 1. The van der Waals surface area contributed by atoms with E-state index in [1.54, 1.807) is 18.3 Å². The molecule has 0 unspecified atom stereocenters. The minimum atomic E-state index is -3.75. The molecule has 1 aromatic heterocycles. The van der Waals surface area contributed by atoms with Gasteiger partial charge in [0.2, 0.25) is 15.9 Å². The summed E-state index contributed by atoms with van der Waals surface area (Å²) in [5.74, 6) is 0.0518. The molecule has 0 amide bonds. The molecule has 1 aliphatic rings. The average Bonchev–Trinajstić information content (AvgIpc) is 3.19. The van der Waals surface area contributed by atoms with Crippen molar-refractivity contribution in [1.82, 2.24) is 14.2 Å². The van der Waals surface area contributed by atoms with Crippen molar-refractivity contribution in [2.45, 2.75) is 11.4 Å². The average molecular weight is 454 g/mol. The van der Waals surface area contributed by atoms with E-state index in [2.05, 4.69) is 4.98 Å². The molecule has 158 valence electrons. The molecule has 1 saturated heterocycles. The van der Waals surface area contributed by atoms with Crippen molar-refractivity contribution in [3.05, 3.63) is 71.2 Å². The van der Waals surface area contributed by atoms with Crippen molar-refractivity contribution < 1.29 is 21.6 Å². The number of nitrogens with zero attached hydrogens (tertiary/aromatic N) is 3. The van der Waals surface area contributed by atoms with Crippen LogP contribution in [0.15, 0.2) is 58.0 Å². The normalized spacial score (nSPS) is 16.1. The van der Waals surface area contributed by atoms with E-state index < -0.39 is 15.8 Å². The SMILES string of the molecule is O=S(=O)(c1ccc(F)c(Cl)c1)N1CCN(Cc2ncc(-c3ccc(F)cc3)o2)CC1. The summed E-state index contributed by atoms with van der Waals surface area (Å²) in [5.41, 5.74) is 0.726. The zero-order chi connectivity index (χ0) is 21.3. The maximum atomic E-state index is 13.3. The van der Waals surface area contributed by atoms with Gasteiger partial charge in [-0.15, -0.1) is 0 Å². The van der Waals surface area contributed by atoms with Crippen LogP contribution >= 0.6 is 11.6 Å². The van der Waals surface area contributed by atoms with E-state index in [0.717, 1.165) is 17.7 Å². The third-order valence-electron chi connectivity index (χ3n) is 4.90. The maximum absolute atomic E-state index is 13.3. The van der Waals surface area contributed by atoms with Crippen molar-refractivity contribution in [1.29, 1.82) is 0 Å². The van der Waals surface area contributed by atoms with Crippen LogP contribution in [0.4, 0.5) is 8.78 Å². The second-order valence-electron chi connectivity index (χ2n) is 6.88. The van der Waals surface area contributed by atoms with E-state index in [-0.39, 0.29) is 28.8 Å². The summed E-state index contributed by atoms with van der Waals surface area (Å²) in [6.45, 7) is 1.97. The highest BCUT2D eigenvalue weighted by Crippen LogP contribution is 2.24. The van der Waals surface area contributed by atoms with Gasteiger partial charge in [0.25, 0.3) is 0 Å². The Bertz CT molecular complexity index is 1140. The monoisotopic (exact) mass is 453 g/mol. The number of sulfonamides is 1. The molecule has 0 saturated carbocycles. The number of hydrogen-bond acceptors (Lipinski definition) is 5. The molecule has 10 heteroatoms. The number of hydrogen-bond donors (Lipinski definition) is 0. The molecule has 0 radical (unpaired) electrons. The van der Waals surface area contributed by atoms with Crippen LogP contribution in [0.2, 0.25) is 5.02 Å². The summed E-state index contributed by atoms with van der Waals surface area (Å²) < 4.78 is 59.0. The van der Waals surface area contributed by atoms with E-state index in [4.69, 9.17) is 16.0 Å². The molecule has 3 aromatic rings.